The first-order valence-corrected chi connectivity index (χ1v) is 5.92. The first-order chi connectivity index (χ1) is 9.29. The normalized spacial score (nSPS) is 31.1. The average Bonchev–Trinajstić information content (AvgIpc) is 2.39. The van der Waals surface area contributed by atoms with Gasteiger partial charge in [-0.15, -0.1) is 0 Å². The van der Waals surface area contributed by atoms with Crippen LogP contribution in [0.4, 0.5) is 19.0 Å². The highest BCUT2D eigenvalue weighted by atomic mass is 19.4. The third-order valence-corrected chi connectivity index (χ3v) is 3.04. The number of halogens is 3. The van der Waals surface area contributed by atoms with Crippen molar-refractivity contribution in [3.8, 4) is 0 Å². The zero-order chi connectivity index (χ0) is 14.9. The van der Waals surface area contributed by atoms with E-state index in [2.05, 4.69) is 15.3 Å². The zero-order valence-electron chi connectivity index (χ0n) is 10.5. The van der Waals surface area contributed by atoms with Gasteiger partial charge in [0.15, 0.2) is 5.69 Å². The van der Waals surface area contributed by atoms with Crippen LogP contribution in [0.3, 0.4) is 0 Å². The van der Waals surface area contributed by atoms with Crippen molar-refractivity contribution in [2.24, 2.45) is 0 Å². The lowest BCUT2D eigenvalue weighted by atomic mass is 9.99. The molecule has 0 spiro atoms. The number of anilines is 1. The van der Waals surface area contributed by atoms with Crippen LogP contribution >= 0.6 is 0 Å². The van der Waals surface area contributed by atoms with Gasteiger partial charge in [0.05, 0.1) is 31.1 Å². The summed E-state index contributed by atoms with van der Waals surface area (Å²) in [7, 11) is 0. The minimum atomic E-state index is -4.60. The zero-order valence-corrected chi connectivity index (χ0v) is 10.5. The van der Waals surface area contributed by atoms with E-state index in [1.54, 1.807) is 6.92 Å². The second-order valence-corrected chi connectivity index (χ2v) is 4.56. The lowest BCUT2D eigenvalue weighted by Gasteiger charge is -2.36. The smallest absolute Gasteiger partial charge is 0.388 e. The Kier molecular flexibility index (Phi) is 4.11. The first kappa shape index (κ1) is 14.9. The summed E-state index contributed by atoms with van der Waals surface area (Å²) in [6.45, 7) is 1.63. The van der Waals surface area contributed by atoms with Crippen molar-refractivity contribution in [1.82, 2.24) is 9.97 Å². The van der Waals surface area contributed by atoms with Crippen molar-refractivity contribution in [3.05, 3.63) is 18.1 Å². The second kappa shape index (κ2) is 5.51. The topological polar surface area (TPSA) is 87.5 Å². The van der Waals surface area contributed by atoms with Gasteiger partial charge in [-0.1, -0.05) is 0 Å². The minimum absolute atomic E-state index is 0.0390. The Balaban J connectivity index is 2.10. The Morgan fingerprint density at radius 1 is 1.30 bits per heavy atom. The molecule has 9 heteroatoms. The van der Waals surface area contributed by atoms with E-state index in [0.717, 1.165) is 6.20 Å². The quantitative estimate of drug-likeness (QED) is 0.732. The van der Waals surface area contributed by atoms with Crippen LogP contribution in [0.5, 0.6) is 0 Å². The summed E-state index contributed by atoms with van der Waals surface area (Å²) >= 11 is 0. The van der Waals surface area contributed by atoms with E-state index in [9.17, 15) is 23.4 Å². The van der Waals surface area contributed by atoms with E-state index >= 15 is 0 Å². The van der Waals surface area contributed by atoms with Crippen LogP contribution in [0.15, 0.2) is 12.4 Å². The van der Waals surface area contributed by atoms with Gasteiger partial charge in [0.25, 0.3) is 0 Å². The van der Waals surface area contributed by atoms with Crippen LogP contribution in [-0.2, 0) is 10.9 Å². The molecular weight excluding hydrogens is 279 g/mol. The van der Waals surface area contributed by atoms with E-state index in [1.807, 2.05) is 0 Å². The van der Waals surface area contributed by atoms with Crippen LogP contribution in [-0.4, -0.2) is 51.1 Å². The van der Waals surface area contributed by atoms with Crippen molar-refractivity contribution < 1.29 is 28.1 Å². The Morgan fingerprint density at radius 2 is 2.00 bits per heavy atom. The maximum atomic E-state index is 12.5. The number of aliphatic hydroxyl groups excluding tert-OH is 2. The highest BCUT2D eigenvalue weighted by Crippen LogP contribution is 2.28. The third kappa shape index (κ3) is 3.17. The van der Waals surface area contributed by atoms with E-state index in [-0.39, 0.29) is 12.4 Å². The van der Waals surface area contributed by atoms with Crippen LogP contribution in [0.1, 0.15) is 12.6 Å². The summed E-state index contributed by atoms with van der Waals surface area (Å²) in [6, 6.07) is -0.765. The fourth-order valence-electron chi connectivity index (χ4n) is 1.86. The second-order valence-electron chi connectivity index (χ2n) is 4.56. The molecule has 4 atom stereocenters. The molecule has 112 valence electrons. The molecule has 1 saturated heterocycles. The molecule has 0 bridgehead atoms. The highest BCUT2D eigenvalue weighted by Gasteiger charge is 2.37. The van der Waals surface area contributed by atoms with Gasteiger partial charge in [0, 0.05) is 0 Å². The summed E-state index contributed by atoms with van der Waals surface area (Å²) in [5.41, 5.74) is -1.14. The molecule has 2 heterocycles. The number of aliphatic hydroxyl groups is 2. The molecule has 2 rings (SSSR count). The molecule has 1 aromatic rings. The van der Waals surface area contributed by atoms with Crippen molar-refractivity contribution >= 4 is 5.82 Å². The van der Waals surface area contributed by atoms with Crippen molar-refractivity contribution in [3.63, 3.8) is 0 Å². The number of nitrogens with one attached hydrogen (secondary N) is 1. The van der Waals surface area contributed by atoms with Crippen molar-refractivity contribution in [2.75, 3.05) is 11.9 Å². The first-order valence-electron chi connectivity index (χ1n) is 5.92. The molecule has 6 nitrogen and oxygen atoms in total. The molecule has 1 fully saturated rings. The van der Waals surface area contributed by atoms with Gasteiger partial charge in [-0.25, -0.2) is 4.98 Å². The Bertz CT molecular complexity index is 472. The fourth-order valence-corrected chi connectivity index (χ4v) is 1.86. The Labute approximate surface area is 112 Å². The fraction of sp³-hybridized carbons (Fsp3) is 0.636. The molecule has 0 aliphatic carbocycles. The number of nitrogens with zero attached hydrogens (tertiary/aromatic N) is 2. The van der Waals surface area contributed by atoms with E-state index < -0.39 is 36.2 Å². The van der Waals surface area contributed by atoms with Crippen molar-refractivity contribution in [2.45, 2.75) is 37.5 Å². The predicted molar refractivity (Wildman–Crippen MR) is 61.9 cm³/mol. The Hall–Kier alpha value is -1.45. The van der Waals surface area contributed by atoms with Gasteiger partial charge in [-0.3, -0.25) is 4.98 Å². The molecule has 3 N–H and O–H groups in total. The number of hydrogen-bond donors (Lipinski definition) is 3. The van der Waals surface area contributed by atoms with Crippen molar-refractivity contribution in [1.29, 1.82) is 0 Å². The number of rotatable bonds is 2. The molecule has 1 aliphatic heterocycles. The molecule has 0 radical (unpaired) electrons. The largest absolute Gasteiger partial charge is 0.434 e. The van der Waals surface area contributed by atoms with E-state index in [4.69, 9.17) is 4.74 Å². The van der Waals surface area contributed by atoms with Gasteiger partial charge in [0.2, 0.25) is 0 Å². The summed E-state index contributed by atoms with van der Waals surface area (Å²) in [6.07, 6.45) is -5.73. The van der Waals surface area contributed by atoms with Gasteiger partial charge in [-0.2, -0.15) is 13.2 Å². The van der Waals surface area contributed by atoms with E-state index in [1.165, 1.54) is 0 Å². The lowest BCUT2D eigenvalue weighted by Crippen LogP contribution is -2.54. The van der Waals surface area contributed by atoms with Gasteiger partial charge < -0.3 is 20.3 Å². The van der Waals surface area contributed by atoms with Crippen LogP contribution in [0.25, 0.3) is 0 Å². The van der Waals surface area contributed by atoms with Crippen LogP contribution < -0.4 is 5.32 Å². The van der Waals surface area contributed by atoms with E-state index in [0.29, 0.717) is 6.20 Å². The van der Waals surface area contributed by atoms with Gasteiger partial charge >= 0.3 is 6.18 Å². The van der Waals surface area contributed by atoms with Crippen LogP contribution in [0.2, 0.25) is 0 Å². The molecule has 1 aliphatic rings. The SMILES string of the molecule is C[C@H]1OC[C@H](Nc2cncc(C(F)(F)F)n2)[C@@H](O)[C@H]1O. The third-order valence-electron chi connectivity index (χ3n) is 3.04. The number of hydrogen-bond acceptors (Lipinski definition) is 6. The van der Waals surface area contributed by atoms with Crippen LogP contribution in [0, 0.1) is 0 Å². The molecule has 0 unspecified atom stereocenters. The number of ether oxygens (including phenoxy) is 1. The maximum absolute atomic E-state index is 12.5. The molecule has 0 saturated carbocycles. The standard InChI is InChI=1S/C11H14F3N3O3/c1-5-9(18)10(19)6(4-20-5)16-8-3-15-2-7(17-8)11(12,13)14/h2-3,5-6,9-10,18-19H,4H2,1H3,(H,16,17)/t5-,6+,9+,10-/m1/s1. The monoisotopic (exact) mass is 293 g/mol. The van der Waals surface area contributed by atoms with Gasteiger partial charge in [0.1, 0.15) is 18.0 Å². The lowest BCUT2D eigenvalue weighted by molar-refractivity contribution is -0.141. The summed E-state index contributed by atoms with van der Waals surface area (Å²) < 4.78 is 42.7. The molecule has 0 amide bonds. The number of alkyl halides is 3. The average molecular weight is 293 g/mol. The molecule has 0 aromatic carbocycles. The highest BCUT2D eigenvalue weighted by molar-refractivity contribution is 5.34. The number of aromatic nitrogens is 2. The summed E-state index contributed by atoms with van der Waals surface area (Å²) in [5, 5.41) is 22.1. The maximum Gasteiger partial charge on any atom is 0.434 e. The molecular formula is C11H14F3N3O3. The predicted octanol–water partition coefficient (Wildman–Crippen LogP) is 0.416. The van der Waals surface area contributed by atoms with Gasteiger partial charge in [-0.05, 0) is 6.92 Å². The minimum Gasteiger partial charge on any atom is -0.388 e. The molecule has 1 aromatic heterocycles. The molecule has 20 heavy (non-hydrogen) atoms. The summed E-state index contributed by atoms with van der Waals surface area (Å²) in [4.78, 5) is 6.82. The Morgan fingerprint density at radius 3 is 2.65 bits per heavy atom. The summed E-state index contributed by atoms with van der Waals surface area (Å²) in [5.74, 6) is -0.144.